The van der Waals surface area contributed by atoms with Crippen LogP contribution in [0.25, 0.3) is 22.3 Å². The average molecular weight is 520 g/mol. The van der Waals surface area contributed by atoms with Crippen molar-refractivity contribution in [2.45, 2.75) is 30.7 Å². The maximum atomic E-state index is 13.8. The summed E-state index contributed by atoms with van der Waals surface area (Å²) in [6.07, 6.45) is -7.97. The molecule has 4 rings (SSSR count). The first-order chi connectivity index (χ1) is 17.8. The van der Waals surface area contributed by atoms with Crippen molar-refractivity contribution in [1.82, 2.24) is 0 Å². The monoisotopic (exact) mass is 520 g/mol. The van der Waals surface area contributed by atoms with Gasteiger partial charge in [0.25, 0.3) is 0 Å². The van der Waals surface area contributed by atoms with Gasteiger partial charge in [0.2, 0.25) is 17.5 Å². The Morgan fingerprint density at radius 2 is 1.54 bits per heavy atom. The summed E-state index contributed by atoms with van der Waals surface area (Å²) in [5, 5.41) is 40.4. The van der Waals surface area contributed by atoms with Crippen LogP contribution in [0.4, 0.5) is 0 Å². The van der Waals surface area contributed by atoms with Gasteiger partial charge in [-0.15, -0.1) is 0 Å². The van der Waals surface area contributed by atoms with Crippen molar-refractivity contribution in [3.05, 3.63) is 40.6 Å². The molecule has 12 nitrogen and oxygen atoms in total. The highest BCUT2D eigenvalue weighted by molar-refractivity contribution is 5.88. The molecule has 2 heterocycles. The van der Waals surface area contributed by atoms with Gasteiger partial charge in [-0.3, -0.25) is 4.79 Å². The number of rotatable bonds is 8. The van der Waals surface area contributed by atoms with Crippen molar-refractivity contribution in [3.63, 3.8) is 0 Å². The van der Waals surface area contributed by atoms with E-state index >= 15 is 0 Å². The van der Waals surface area contributed by atoms with Crippen LogP contribution in [0.2, 0.25) is 0 Å². The molecule has 2 aromatic carbocycles. The highest BCUT2D eigenvalue weighted by atomic mass is 16.7. The van der Waals surface area contributed by atoms with Gasteiger partial charge in [-0.05, 0) is 18.2 Å². The Kier molecular flexibility index (Phi) is 7.76. The number of aliphatic hydroxyl groups is 4. The molecule has 1 aromatic heterocycles. The van der Waals surface area contributed by atoms with Crippen LogP contribution in [0, 0.1) is 0 Å². The Morgan fingerprint density at radius 1 is 0.838 bits per heavy atom. The van der Waals surface area contributed by atoms with Gasteiger partial charge >= 0.3 is 0 Å². The Bertz CT molecular complexity index is 1320. The number of benzene rings is 2. The lowest BCUT2D eigenvalue weighted by Gasteiger charge is -2.39. The van der Waals surface area contributed by atoms with Gasteiger partial charge in [0.15, 0.2) is 17.3 Å². The third-order valence-electron chi connectivity index (χ3n) is 6.07. The van der Waals surface area contributed by atoms with Gasteiger partial charge < -0.3 is 53.3 Å². The summed E-state index contributed by atoms with van der Waals surface area (Å²) in [5.41, 5.74) is -0.215. The molecule has 1 aliphatic rings. The van der Waals surface area contributed by atoms with Crippen molar-refractivity contribution in [2.75, 3.05) is 35.0 Å². The third kappa shape index (κ3) is 4.77. The van der Waals surface area contributed by atoms with Crippen molar-refractivity contribution >= 4 is 11.0 Å². The average Bonchev–Trinajstić information content (AvgIpc) is 2.93. The van der Waals surface area contributed by atoms with Gasteiger partial charge in [-0.2, -0.15) is 0 Å². The second kappa shape index (κ2) is 10.8. The number of fused-ring (bicyclic) bond motifs is 1. The lowest BCUT2D eigenvalue weighted by molar-refractivity contribution is -0.277. The lowest BCUT2D eigenvalue weighted by atomic mass is 9.99. The van der Waals surface area contributed by atoms with E-state index in [1.807, 2.05) is 0 Å². The Morgan fingerprint density at radius 3 is 2.16 bits per heavy atom. The standard InChI is InChI=1S/C25H28O12/c1-31-12-8-15(34-4)18-16(9-12)35-23(11-5-6-13(32-2)14(7-11)33-3)24(20(18)28)37-25-22(30)21(29)19(27)17(10-26)36-25/h5-9,17,19,21-22,25-27,29-30H,10H2,1-4H3/t17-,19-,21+,22-,25+/m1/s1. The van der Waals surface area contributed by atoms with Crippen LogP contribution < -0.4 is 29.1 Å². The van der Waals surface area contributed by atoms with Crippen molar-refractivity contribution in [1.29, 1.82) is 0 Å². The molecule has 0 saturated carbocycles. The van der Waals surface area contributed by atoms with E-state index in [9.17, 15) is 25.2 Å². The summed E-state index contributed by atoms with van der Waals surface area (Å²) in [4.78, 5) is 13.8. The van der Waals surface area contributed by atoms with Crippen LogP contribution in [0.15, 0.2) is 39.5 Å². The molecule has 1 saturated heterocycles. The highest BCUT2D eigenvalue weighted by Crippen LogP contribution is 2.40. The summed E-state index contributed by atoms with van der Waals surface area (Å²) in [6, 6.07) is 7.75. The molecule has 0 unspecified atom stereocenters. The third-order valence-corrected chi connectivity index (χ3v) is 6.07. The molecule has 0 radical (unpaired) electrons. The molecule has 12 heteroatoms. The molecule has 3 aromatic rings. The second-order valence-electron chi connectivity index (χ2n) is 8.18. The minimum atomic E-state index is -1.76. The van der Waals surface area contributed by atoms with E-state index in [0.717, 1.165) is 0 Å². The molecule has 0 bridgehead atoms. The minimum Gasteiger partial charge on any atom is -0.496 e. The lowest BCUT2D eigenvalue weighted by Crippen LogP contribution is -2.60. The Hall–Kier alpha value is -3.55. The van der Waals surface area contributed by atoms with E-state index in [0.29, 0.717) is 22.8 Å². The summed E-state index contributed by atoms with van der Waals surface area (Å²) < 4.78 is 38.7. The van der Waals surface area contributed by atoms with Gasteiger partial charge in [-0.25, -0.2) is 0 Å². The second-order valence-corrected chi connectivity index (χ2v) is 8.18. The number of methoxy groups -OCH3 is 4. The zero-order chi connectivity index (χ0) is 26.9. The Labute approximate surface area is 211 Å². The minimum absolute atomic E-state index is 0.0205. The topological polar surface area (TPSA) is 167 Å². The molecule has 37 heavy (non-hydrogen) atoms. The van der Waals surface area contributed by atoms with E-state index in [1.54, 1.807) is 18.2 Å². The zero-order valence-corrected chi connectivity index (χ0v) is 20.5. The molecule has 4 N–H and O–H groups in total. The molecule has 1 fully saturated rings. The number of hydrogen-bond donors (Lipinski definition) is 4. The van der Waals surface area contributed by atoms with Crippen LogP contribution in [-0.2, 0) is 4.74 Å². The van der Waals surface area contributed by atoms with Crippen molar-refractivity contribution in [3.8, 4) is 40.1 Å². The zero-order valence-electron chi connectivity index (χ0n) is 20.5. The molecular weight excluding hydrogens is 492 g/mol. The van der Waals surface area contributed by atoms with Crippen LogP contribution >= 0.6 is 0 Å². The summed E-state index contributed by atoms with van der Waals surface area (Å²) in [6.45, 7) is -0.673. The Balaban J connectivity index is 1.95. The molecule has 1 aliphatic heterocycles. The van der Waals surface area contributed by atoms with Crippen molar-refractivity contribution < 1.29 is 53.3 Å². The normalized spacial score (nSPS) is 23.5. The molecule has 0 spiro atoms. The first kappa shape index (κ1) is 26.5. The predicted octanol–water partition coefficient (Wildman–Crippen LogP) is 0.673. The number of hydrogen-bond acceptors (Lipinski definition) is 12. The number of aliphatic hydroxyl groups excluding tert-OH is 4. The van der Waals surface area contributed by atoms with E-state index < -0.39 is 42.7 Å². The van der Waals surface area contributed by atoms with Gasteiger partial charge in [0.1, 0.15) is 46.9 Å². The van der Waals surface area contributed by atoms with Crippen LogP contribution in [0.1, 0.15) is 0 Å². The fourth-order valence-electron chi connectivity index (χ4n) is 4.08. The van der Waals surface area contributed by atoms with Gasteiger partial charge in [-0.1, -0.05) is 0 Å². The van der Waals surface area contributed by atoms with E-state index in [-0.39, 0.29) is 28.2 Å². The first-order valence-electron chi connectivity index (χ1n) is 11.2. The molecule has 0 aliphatic carbocycles. The van der Waals surface area contributed by atoms with Crippen LogP contribution in [0.5, 0.6) is 28.7 Å². The number of ether oxygens (including phenoxy) is 6. The molecule has 0 amide bonds. The summed E-state index contributed by atoms with van der Waals surface area (Å²) >= 11 is 0. The smallest absolute Gasteiger partial charge is 0.239 e. The maximum absolute atomic E-state index is 13.8. The molecule has 200 valence electrons. The predicted molar refractivity (Wildman–Crippen MR) is 129 cm³/mol. The van der Waals surface area contributed by atoms with E-state index in [4.69, 9.17) is 32.8 Å². The quantitative estimate of drug-likeness (QED) is 0.328. The summed E-state index contributed by atoms with van der Waals surface area (Å²) in [7, 11) is 5.73. The first-order valence-corrected chi connectivity index (χ1v) is 11.2. The SMILES string of the molecule is COc1cc(OC)c2c(=O)c(O[C@@H]3O[C@H](CO)[C@@H](O)[C@H](O)[C@H]3O)c(-c3ccc(OC)c(OC)c3)oc2c1. The van der Waals surface area contributed by atoms with Crippen LogP contribution in [-0.4, -0.2) is 86.2 Å². The van der Waals surface area contributed by atoms with E-state index in [2.05, 4.69) is 0 Å². The molecule has 5 atom stereocenters. The fourth-order valence-corrected chi connectivity index (χ4v) is 4.08. The van der Waals surface area contributed by atoms with E-state index in [1.165, 1.54) is 40.6 Å². The highest BCUT2D eigenvalue weighted by Gasteiger charge is 2.45. The largest absolute Gasteiger partial charge is 0.496 e. The van der Waals surface area contributed by atoms with Gasteiger partial charge in [0.05, 0.1) is 35.0 Å². The van der Waals surface area contributed by atoms with Gasteiger partial charge in [0, 0.05) is 17.7 Å². The van der Waals surface area contributed by atoms with Crippen molar-refractivity contribution in [2.24, 2.45) is 0 Å². The summed E-state index contributed by atoms with van der Waals surface area (Å²) in [5.74, 6) is 0.825. The molecular formula is C25H28O12. The van der Waals surface area contributed by atoms with Crippen LogP contribution in [0.3, 0.4) is 0 Å². The maximum Gasteiger partial charge on any atom is 0.239 e. The fraction of sp³-hybridized carbons (Fsp3) is 0.400.